The maximum Gasteiger partial charge on any atom is 0.0154 e. The highest BCUT2D eigenvalue weighted by molar-refractivity contribution is 7.79. The van der Waals surface area contributed by atoms with Crippen LogP contribution in [0.1, 0.15) is 22.3 Å². The number of hydrogen-bond acceptors (Lipinski definition) is 2. The lowest BCUT2D eigenvalue weighted by atomic mass is 10.1. The summed E-state index contributed by atoms with van der Waals surface area (Å²) in [6.07, 6.45) is 5.72. The molecule has 2 heteroatoms. The summed E-state index contributed by atoms with van der Waals surface area (Å²) < 4.78 is 0. The fraction of sp³-hybridized carbons (Fsp3) is 0.200. The normalized spacial score (nSPS) is 9.55. The summed E-state index contributed by atoms with van der Waals surface area (Å²) in [6, 6.07) is 16.9. The first kappa shape index (κ1) is 18.7. The number of rotatable bonds is 6. The molecular formula is C20H24S2. The van der Waals surface area contributed by atoms with Crippen LogP contribution in [0, 0.1) is 0 Å². The molecular weight excluding hydrogens is 304 g/mol. The van der Waals surface area contributed by atoms with Crippen LogP contribution in [-0.2, 0) is 24.3 Å². The summed E-state index contributed by atoms with van der Waals surface area (Å²) in [5.74, 6) is 1.62. The van der Waals surface area contributed by atoms with E-state index in [4.69, 9.17) is 0 Å². The quantitative estimate of drug-likeness (QED) is 0.494. The standard InChI is InChI=1S/2C10H12S/c1-2-4-9-5-3-6-10(7-9)8-11;1-2-3-9-4-6-10(8-11)7-5-9/h2-3,5-7,11H,1,4,8H2;2,4-7,11H,1,3,8H2. The van der Waals surface area contributed by atoms with Gasteiger partial charge in [0.1, 0.15) is 0 Å². The predicted octanol–water partition coefficient (Wildman–Crippen LogP) is 5.69. The molecule has 0 bridgehead atoms. The molecule has 0 radical (unpaired) electrons. The second kappa shape index (κ2) is 11.2. The third-order valence-electron chi connectivity index (χ3n) is 3.14. The molecule has 0 atom stereocenters. The van der Waals surface area contributed by atoms with Crippen LogP contribution in [0.25, 0.3) is 0 Å². The van der Waals surface area contributed by atoms with Crippen molar-refractivity contribution in [3.05, 3.63) is 96.1 Å². The maximum absolute atomic E-state index is 4.20. The van der Waals surface area contributed by atoms with Gasteiger partial charge in [-0.2, -0.15) is 25.3 Å². The van der Waals surface area contributed by atoms with Crippen molar-refractivity contribution in [3.8, 4) is 0 Å². The lowest BCUT2D eigenvalue weighted by Gasteiger charge is -1.98. The van der Waals surface area contributed by atoms with Crippen LogP contribution in [0.5, 0.6) is 0 Å². The molecule has 116 valence electrons. The zero-order chi connectivity index (χ0) is 16.2. The summed E-state index contributed by atoms with van der Waals surface area (Å²) in [5.41, 5.74) is 5.16. The Hall–Kier alpha value is -1.38. The van der Waals surface area contributed by atoms with Crippen molar-refractivity contribution in [1.29, 1.82) is 0 Å². The maximum atomic E-state index is 4.20. The van der Waals surface area contributed by atoms with Crippen molar-refractivity contribution in [2.24, 2.45) is 0 Å². The number of hydrogen-bond donors (Lipinski definition) is 2. The van der Waals surface area contributed by atoms with E-state index in [1.807, 2.05) is 12.2 Å². The first-order valence-electron chi connectivity index (χ1n) is 7.32. The average Bonchev–Trinajstić information content (AvgIpc) is 2.57. The Bertz CT molecular complexity index is 571. The summed E-state index contributed by atoms with van der Waals surface area (Å²) in [5, 5.41) is 0. The molecule has 0 saturated heterocycles. The van der Waals surface area contributed by atoms with E-state index in [0.717, 1.165) is 24.3 Å². The lowest BCUT2D eigenvalue weighted by Crippen LogP contribution is -1.83. The van der Waals surface area contributed by atoms with E-state index in [1.165, 1.54) is 22.3 Å². The Morgan fingerprint density at radius 3 is 1.73 bits per heavy atom. The minimum atomic E-state index is 0.810. The van der Waals surface area contributed by atoms with Gasteiger partial charge in [0.05, 0.1) is 0 Å². The van der Waals surface area contributed by atoms with Gasteiger partial charge in [0.15, 0.2) is 0 Å². The predicted molar refractivity (Wildman–Crippen MR) is 106 cm³/mol. The smallest absolute Gasteiger partial charge is 0.0154 e. The molecule has 0 nitrogen and oxygen atoms in total. The topological polar surface area (TPSA) is 0 Å². The zero-order valence-electron chi connectivity index (χ0n) is 12.9. The average molecular weight is 329 g/mol. The monoisotopic (exact) mass is 328 g/mol. The molecule has 22 heavy (non-hydrogen) atoms. The summed E-state index contributed by atoms with van der Waals surface area (Å²) in [6.45, 7) is 7.38. The van der Waals surface area contributed by atoms with E-state index in [-0.39, 0.29) is 0 Å². The molecule has 2 aromatic rings. The molecule has 0 N–H and O–H groups in total. The number of thiol groups is 2. The Labute approximate surface area is 145 Å². The van der Waals surface area contributed by atoms with Crippen molar-refractivity contribution in [2.75, 3.05) is 0 Å². The van der Waals surface area contributed by atoms with E-state index in [9.17, 15) is 0 Å². The number of benzene rings is 2. The van der Waals surface area contributed by atoms with Crippen molar-refractivity contribution >= 4 is 25.3 Å². The van der Waals surface area contributed by atoms with Crippen LogP contribution >= 0.6 is 25.3 Å². The van der Waals surface area contributed by atoms with Gasteiger partial charge in [0.25, 0.3) is 0 Å². The van der Waals surface area contributed by atoms with E-state index in [1.54, 1.807) is 0 Å². The molecule has 0 saturated carbocycles. The SMILES string of the molecule is C=CCc1ccc(CS)cc1.C=CCc1cccc(CS)c1. The highest BCUT2D eigenvalue weighted by atomic mass is 32.1. The van der Waals surface area contributed by atoms with Crippen LogP contribution in [0.15, 0.2) is 73.8 Å². The fourth-order valence-electron chi connectivity index (χ4n) is 1.97. The second-order valence-electron chi connectivity index (χ2n) is 4.94. The van der Waals surface area contributed by atoms with Crippen molar-refractivity contribution in [3.63, 3.8) is 0 Å². The van der Waals surface area contributed by atoms with Gasteiger partial charge in [0.2, 0.25) is 0 Å². The summed E-state index contributed by atoms with van der Waals surface area (Å²) >= 11 is 8.38. The van der Waals surface area contributed by atoms with Crippen LogP contribution < -0.4 is 0 Å². The van der Waals surface area contributed by atoms with Gasteiger partial charge < -0.3 is 0 Å². The molecule has 0 spiro atoms. The third kappa shape index (κ3) is 7.06. The molecule has 0 aliphatic carbocycles. The number of allylic oxidation sites excluding steroid dienone is 2. The highest BCUT2D eigenvalue weighted by Gasteiger charge is 1.91. The molecule has 0 aliphatic heterocycles. The zero-order valence-corrected chi connectivity index (χ0v) is 14.7. The Morgan fingerprint density at radius 1 is 0.682 bits per heavy atom. The Balaban J connectivity index is 0.000000220. The summed E-state index contributed by atoms with van der Waals surface area (Å²) in [4.78, 5) is 0. The van der Waals surface area contributed by atoms with Crippen molar-refractivity contribution in [1.82, 2.24) is 0 Å². The van der Waals surface area contributed by atoms with Gasteiger partial charge >= 0.3 is 0 Å². The van der Waals surface area contributed by atoms with Gasteiger partial charge in [0, 0.05) is 11.5 Å². The van der Waals surface area contributed by atoms with Crippen LogP contribution in [0.3, 0.4) is 0 Å². The van der Waals surface area contributed by atoms with E-state index >= 15 is 0 Å². The highest BCUT2D eigenvalue weighted by Crippen LogP contribution is 2.08. The lowest BCUT2D eigenvalue weighted by molar-refractivity contribution is 1.25. The molecule has 2 aromatic carbocycles. The first-order valence-corrected chi connectivity index (χ1v) is 8.59. The van der Waals surface area contributed by atoms with Gasteiger partial charge in [-0.05, 0) is 35.1 Å². The molecule has 0 fully saturated rings. The fourth-order valence-corrected chi connectivity index (χ4v) is 2.38. The van der Waals surface area contributed by atoms with E-state index < -0.39 is 0 Å². The molecule has 0 aromatic heterocycles. The largest absolute Gasteiger partial charge is 0.175 e. The van der Waals surface area contributed by atoms with Crippen LogP contribution in [0.2, 0.25) is 0 Å². The Kier molecular flexibility index (Phi) is 9.52. The van der Waals surface area contributed by atoms with Crippen LogP contribution in [-0.4, -0.2) is 0 Å². The second-order valence-corrected chi connectivity index (χ2v) is 5.57. The molecule has 0 heterocycles. The van der Waals surface area contributed by atoms with E-state index in [0.29, 0.717) is 0 Å². The molecule has 2 rings (SSSR count). The van der Waals surface area contributed by atoms with Crippen molar-refractivity contribution in [2.45, 2.75) is 24.3 Å². The first-order chi connectivity index (χ1) is 10.7. The summed E-state index contributed by atoms with van der Waals surface area (Å²) in [7, 11) is 0. The minimum Gasteiger partial charge on any atom is -0.175 e. The molecule has 0 unspecified atom stereocenters. The van der Waals surface area contributed by atoms with E-state index in [2.05, 4.69) is 86.9 Å². The van der Waals surface area contributed by atoms with Crippen LogP contribution in [0.4, 0.5) is 0 Å². The van der Waals surface area contributed by atoms with Gasteiger partial charge in [-0.15, -0.1) is 13.2 Å². The van der Waals surface area contributed by atoms with Gasteiger partial charge in [-0.3, -0.25) is 0 Å². The minimum absolute atomic E-state index is 0.810. The van der Waals surface area contributed by atoms with Crippen molar-refractivity contribution < 1.29 is 0 Å². The molecule has 0 amide bonds. The molecule has 0 aliphatic rings. The third-order valence-corrected chi connectivity index (χ3v) is 3.87. The van der Waals surface area contributed by atoms with Gasteiger partial charge in [-0.1, -0.05) is 60.7 Å². The van der Waals surface area contributed by atoms with Gasteiger partial charge in [-0.25, -0.2) is 0 Å². The Morgan fingerprint density at radius 2 is 1.18 bits per heavy atom.